The minimum absolute atomic E-state index is 1.28. The third kappa shape index (κ3) is 4.28. The Morgan fingerprint density at radius 1 is 0.611 bits per heavy atom. The first-order valence-corrected chi connectivity index (χ1v) is 7.62. The van der Waals surface area contributed by atoms with Crippen molar-refractivity contribution in [1.29, 1.82) is 0 Å². The van der Waals surface area contributed by atoms with Gasteiger partial charge in [0.15, 0.2) is 0 Å². The van der Waals surface area contributed by atoms with Gasteiger partial charge < -0.3 is 0 Å². The molecule has 0 spiro atoms. The molecule has 0 unspecified atom stereocenters. The molecule has 0 aliphatic rings. The van der Waals surface area contributed by atoms with Gasteiger partial charge in [0, 0.05) is 9.79 Å². The highest BCUT2D eigenvalue weighted by Crippen LogP contribution is 2.24. The normalized spacial score (nSPS) is 11.0. The van der Waals surface area contributed by atoms with Crippen molar-refractivity contribution in [3.63, 3.8) is 0 Å². The molecule has 0 saturated heterocycles. The second-order valence-corrected chi connectivity index (χ2v) is 6.09. The molecule has 0 N–H and O–H groups in total. The van der Waals surface area contributed by atoms with E-state index in [1.807, 2.05) is 0 Å². The van der Waals surface area contributed by atoms with Crippen molar-refractivity contribution in [3.05, 3.63) is 70.5 Å². The van der Waals surface area contributed by atoms with Crippen LogP contribution in [0.5, 0.6) is 0 Å². The van der Waals surface area contributed by atoms with Crippen molar-refractivity contribution in [1.82, 2.24) is 0 Å². The van der Waals surface area contributed by atoms with Gasteiger partial charge in [-0.3, -0.25) is 0 Å². The van der Waals surface area contributed by atoms with Crippen LogP contribution < -0.4 is 0 Å². The third-order valence-corrected chi connectivity index (χ3v) is 4.31. The molecular formula is C16H16S2. The van der Waals surface area contributed by atoms with E-state index in [2.05, 4.69) is 73.2 Å². The van der Waals surface area contributed by atoms with Gasteiger partial charge in [-0.1, -0.05) is 58.9 Å². The maximum atomic E-state index is 2.15. The zero-order valence-corrected chi connectivity index (χ0v) is 12.2. The van der Waals surface area contributed by atoms with Crippen molar-refractivity contribution in [3.8, 4) is 0 Å². The Morgan fingerprint density at radius 3 is 1.28 bits per heavy atom. The fraction of sp³-hybridized carbons (Fsp3) is 0.125. The van der Waals surface area contributed by atoms with Gasteiger partial charge >= 0.3 is 0 Å². The number of benzene rings is 2. The molecule has 2 aromatic carbocycles. The number of aryl methyl sites for hydroxylation is 2. The monoisotopic (exact) mass is 272 g/mol. The summed E-state index contributed by atoms with van der Waals surface area (Å²) in [6, 6.07) is 17.2. The van der Waals surface area contributed by atoms with Crippen LogP contribution in [-0.4, -0.2) is 0 Å². The first-order chi connectivity index (χ1) is 8.74. The summed E-state index contributed by atoms with van der Waals surface area (Å²) in [6.07, 6.45) is 0. The highest BCUT2D eigenvalue weighted by atomic mass is 32.2. The van der Waals surface area contributed by atoms with Crippen LogP contribution in [0, 0.1) is 13.8 Å². The Bertz CT molecular complexity index is 460. The lowest BCUT2D eigenvalue weighted by Crippen LogP contribution is -1.71. The Morgan fingerprint density at radius 2 is 0.944 bits per heavy atom. The van der Waals surface area contributed by atoms with Gasteiger partial charge in [-0.05, 0) is 48.9 Å². The van der Waals surface area contributed by atoms with Crippen molar-refractivity contribution < 1.29 is 0 Å². The second kappa shape index (κ2) is 6.72. The maximum Gasteiger partial charge on any atom is 0.0116 e. The predicted molar refractivity (Wildman–Crippen MR) is 83.2 cm³/mol. The Hall–Kier alpha value is -1.12. The van der Waals surface area contributed by atoms with Crippen LogP contribution in [0.1, 0.15) is 11.1 Å². The fourth-order valence-electron chi connectivity index (χ4n) is 1.45. The van der Waals surface area contributed by atoms with Gasteiger partial charge in [0.25, 0.3) is 0 Å². The van der Waals surface area contributed by atoms with Gasteiger partial charge in [0.2, 0.25) is 0 Å². The minimum atomic E-state index is 1.28. The van der Waals surface area contributed by atoms with E-state index in [9.17, 15) is 0 Å². The van der Waals surface area contributed by atoms with Crippen LogP contribution in [-0.2, 0) is 0 Å². The average molecular weight is 272 g/mol. The largest absolute Gasteiger partial charge is 0.0975 e. The zero-order valence-electron chi connectivity index (χ0n) is 10.6. The van der Waals surface area contributed by atoms with Crippen LogP contribution in [0.15, 0.2) is 69.1 Å². The number of hydrogen-bond acceptors (Lipinski definition) is 2. The molecule has 0 radical (unpaired) electrons. The van der Waals surface area contributed by atoms with E-state index in [1.165, 1.54) is 20.9 Å². The van der Waals surface area contributed by atoms with Crippen LogP contribution in [0.2, 0.25) is 0 Å². The summed E-state index contributed by atoms with van der Waals surface area (Å²) in [7, 11) is 0. The summed E-state index contributed by atoms with van der Waals surface area (Å²) in [5.74, 6) is 0. The van der Waals surface area contributed by atoms with Gasteiger partial charge in [-0.2, -0.15) is 0 Å². The van der Waals surface area contributed by atoms with Crippen molar-refractivity contribution in [2.24, 2.45) is 0 Å². The summed E-state index contributed by atoms with van der Waals surface area (Å²) < 4.78 is 0. The molecule has 0 saturated carbocycles. The van der Waals surface area contributed by atoms with E-state index in [0.29, 0.717) is 0 Å². The fourth-order valence-corrected chi connectivity index (χ4v) is 2.79. The van der Waals surface area contributed by atoms with Gasteiger partial charge in [-0.25, -0.2) is 0 Å². The first-order valence-electron chi connectivity index (χ1n) is 5.86. The topological polar surface area (TPSA) is 0 Å². The molecule has 18 heavy (non-hydrogen) atoms. The molecule has 0 aliphatic carbocycles. The summed E-state index contributed by atoms with van der Waals surface area (Å²) in [5.41, 5.74) is 2.61. The van der Waals surface area contributed by atoms with Crippen LogP contribution >= 0.6 is 23.5 Å². The van der Waals surface area contributed by atoms with Crippen LogP contribution in [0.3, 0.4) is 0 Å². The SMILES string of the molecule is Cc1ccc(SC=CSc2ccc(C)cc2)cc1. The quantitative estimate of drug-likeness (QED) is 0.659. The van der Waals surface area contributed by atoms with E-state index in [4.69, 9.17) is 0 Å². The van der Waals surface area contributed by atoms with Gasteiger partial charge in [-0.15, -0.1) is 0 Å². The van der Waals surface area contributed by atoms with Crippen molar-refractivity contribution in [2.45, 2.75) is 23.6 Å². The third-order valence-electron chi connectivity index (χ3n) is 2.51. The molecule has 0 aromatic heterocycles. The zero-order chi connectivity index (χ0) is 12.8. The Kier molecular flexibility index (Phi) is 4.97. The van der Waals surface area contributed by atoms with E-state index in [1.54, 1.807) is 23.5 Å². The lowest BCUT2D eigenvalue weighted by molar-refractivity contribution is 1.38. The lowest BCUT2D eigenvalue weighted by atomic mass is 10.2. The molecule has 2 heteroatoms. The summed E-state index contributed by atoms with van der Waals surface area (Å²) >= 11 is 3.50. The highest BCUT2D eigenvalue weighted by molar-refractivity contribution is 8.05. The molecule has 0 fully saturated rings. The summed E-state index contributed by atoms with van der Waals surface area (Å²) in [5, 5.41) is 4.27. The molecule has 2 aromatic rings. The van der Waals surface area contributed by atoms with Crippen LogP contribution in [0.4, 0.5) is 0 Å². The Labute approximate surface area is 118 Å². The molecule has 0 heterocycles. The molecule has 92 valence electrons. The van der Waals surface area contributed by atoms with E-state index in [-0.39, 0.29) is 0 Å². The van der Waals surface area contributed by atoms with Crippen molar-refractivity contribution >= 4 is 23.5 Å². The lowest BCUT2D eigenvalue weighted by Gasteiger charge is -1.98. The molecule has 2 rings (SSSR count). The first kappa shape index (κ1) is 13.3. The van der Waals surface area contributed by atoms with Crippen LogP contribution in [0.25, 0.3) is 0 Å². The van der Waals surface area contributed by atoms with E-state index in [0.717, 1.165) is 0 Å². The molecule has 0 atom stereocenters. The average Bonchev–Trinajstić information content (AvgIpc) is 2.39. The predicted octanol–water partition coefficient (Wildman–Crippen LogP) is 5.66. The Balaban J connectivity index is 1.85. The molecule has 0 aliphatic heterocycles. The minimum Gasteiger partial charge on any atom is -0.0975 e. The van der Waals surface area contributed by atoms with E-state index >= 15 is 0 Å². The second-order valence-electron chi connectivity index (χ2n) is 4.13. The smallest absolute Gasteiger partial charge is 0.0116 e. The van der Waals surface area contributed by atoms with Crippen molar-refractivity contribution in [2.75, 3.05) is 0 Å². The molecule has 0 bridgehead atoms. The maximum absolute atomic E-state index is 2.15. The summed E-state index contributed by atoms with van der Waals surface area (Å²) in [4.78, 5) is 2.56. The molecule has 0 amide bonds. The van der Waals surface area contributed by atoms with Gasteiger partial charge in [0.1, 0.15) is 0 Å². The molecule has 0 nitrogen and oxygen atoms in total. The summed E-state index contributed by atoms with van der Waals surface area (Å²) in [6.45, 7) is 4.22. The number of hydrogen-bond donors (Lipinski definition) is 0. The highest BCUT2D eigenvalue weighted by Gasteiger charge is 1.91. The number of thioether (sulfide) groups is 2. The standard InChI is InChI=1S/C16H16S2/c1-13-3-7-15(8-4-13)17-11-12-18-16-9-5-14(2)6-10-16/h3-12H,1-2H3. The number of rotatable bonds is 4. The molecular weight excluding hydrogens is 256 g/mol. The van der Waals surface area contributed by atoms with E-state index < -0.39 is 0 Å². The van der Waals surface area contributed by atoms with Gasteiger partial charge in [0.05, 0.1) is 0 Å².